The van der Waals surface area contributed by atoms with Crippen molar-refractivity contribution in [1.29, 1.82) is 0 Å². The van der Waals surface area contributed by atoms with Crippen molar-refractivity contribution in [2.24, 2.45) is 29.4 Å². The predicted molar refractivity (Wildman–Crippen MR) is 150 cm³/mol. The molecule has 3 aliphatic rings. The minimum Gasteiger partial charge on any atom is -0.507 e. The lowest BCUT2D eigenvalue weighted by molar-refractivity contribution is -0.190. The second-order valence-corrected chi connectivity index (χ2v) is 11.5. The molecule has 7 atom stereocenters. The van der Waals surface area contributed by atoms with Crippen molar-refractivity contribution in [3.05, 3.63) is 53.3 Å². The molecule has 222 valence electrons. The SMILES string of the molecule is CO/C=C/c1ccc(OC)c(-c2ccc(O)c3c2C[C@@H]2C[C@@H]4[C@@H](N(C)C)C(O)C(C(N)=O)C(=O)[C@]4(O)C(=O)C2C3=O)c1. The number of likely N-dealkylation sites (N-methyl/N-ethyl adjacent to an activating group) is 1. The Morgan fingerprint density at radius 1 is 1.10 bits per heavy atom. The van der Waals surface area contributed by atoms with E-state index in [0.29, 0.717) is 22.4 Å². The van der Waals surface area contributed by atoms with Gasteiger partial charge in [-0.15, -0.1) is 0 Å². The third-order valence-electron chi connectivity index (χ3n) is 9.08. The molecule has 0 aliphatic heterocycles. The topological polar surface area (TPSA) is 177 Å². The van der Waals surface area contributed by atoms with Crippen LogP contribution >= 0.6 is 0 Å². The molecule has 5 N–H and O–H groups in total. The van der Waals surface area contributed by atoms with Crippen molar-refractivity contribution in [3.8, 4) is 22.6 Å². The van der Waals surface area contributed by atoms with E-state index >= 15 is 0 Å². The number of primary amides is 1. The fourth-order valence-corrected chi connectivity index (χ4v) is 7.26. The minimum absolute atomic E-state index is 0.0259. The number of carbonyl (C=O) groups excluding carboxylic acids is 4. The lowest BCUT2D eigenvalue weighted by Crippen LogP contribution is -2.75. The molecule has 0 saturated heterocycles. The van der Waals surface area contributed by atoms with Crippen LogP contribution in [-0.2, 0) is 25.5 Å². The fourth-order valence-electron chi connectivity index (χ4n) is 7.26. The molecule has 3 unspecified atom stereocenters. The number of hydrogen-bond acceptors (Lipinski definition) is 10. The third kappa shape index (κ3) is 4.22. The van der Waals surface area contributed by atoms with Crippen LogP contribution in [-0.4, -0.2) is 89.5 Å². The van der Waals surface area contributed by atoms with Gasteiger partial charge in [0.25, 0.3) is 0 Å². The Bertz CT molecular complexity index is 1520. The Morgan fingerprint density at radius 3 is 2.43 bits per heavy atom. The number of phenolic OH excluding ortho intramolecular Hbond substituents is 1. The number of fused-ring (bicyclic) bond motifs is 3. The van der Waals surface area contributed by atoms with E-state index in [9.17, 15) is 34.5 Å². The number of aliphatic hydroxyl groups excluding tert-OH is 1. The Hall–Kier alpha value is -4.06. The molecule has 2 fully saturated rings. The minimum atomic E-state index is -2.71. The average molecular weight is 579 g/mol. The second-order valence-electron chi connectivity index (χ2n) is 11.5. The van der Waals surface area contributed by atoms with Gasteiger partial charge in [-0.1, -0.05) is 12.1 Å². The van der Waals surface area contributed by atoms with Crippen LogP contribution in [0.25, 0.3) is 17.2 Å². The van der Waals surface area contributed by atoms with Crippen molar-refractivity contribution < 1.29 is 44.0 Å². The van der Waals surface area contributed by atoms with Gasteiger partial charge in [0.05, 0.1) is 38.1 Å². The summed E-state index contributed by atoms with van der Waals surface area (Å²) in [7, 11) is 6.25. The summed E-state index contributed by atoms with van der Waals surface area (Å²) in [4.78, 5) is 55.3. The number of benzene rings is 2. The summed E-state index contributed by atoms with van der Waals surface area (Å²) in [6, 6.07) is 7.52. The Kier molecular flexibility index (Phi) is 7.46. The van der Waals surface area contributed by atoms with Crippen molar-refractivity contribution in [3.63, 3.8) is 0 Å². The molecular formula is C31H34N2O9. The molecule has 11 heteroatoms. The van der Waals surface area contributed by atoms with E-state index in [1.807, 2.05) is 12.1 Å². The Balaban J connectivity index is 1.66. The second kappa shape index (κ2) is 10.6. The first-order chi connectivity index (χ1) is 19.9. The normalized spacial score (nSPS) is 30.6. The molecule has 0 heterocycles. The van der Waals surface area contributed by atoms with Crippen LogP contribution in [0, 0.1) is 23.7 Å². The Morgan fingerprint density at radius 2 is 1.81 bits per heavy atom. The first kappa shape index (κ1) is 29.4. The largest absolute Gasteiger partial charge is 0.507 e. The third-order valence-corrected chi connectivity index (χ3v) is 9.08. The highest BCUT2D eigenvalue weighted by Crippen LogP contribution is 2.52. The summed E-state index contributed by atoms with van der Waals surface area (Å²) in [6.07, 6.45) is 1.91. The number of aromatic hydroxyl groups is 1. The van der Waals surface area contributed by atoms with Crippen LogP contribution in [0.2, 0.25) is 0 Å². The zero-order chi connectivity index (χ0) is 30.7. The number of phenols is 1. The van der Waals surface area contributed by atoms with Gasteiger partial charge in [-0.25, -0.2) is 0 Å². The van der Waals surface area contributed by atoms with Crippen molar-refractivity contribution in [2.75, 3.05) is 28.3 Å². The maximum absolute atomic E-state index is 14.0. The summed E-state index contributed by atoms with van der Waals surface area (Å²) in [6.45, 7) is 0. The number of ether oxygens (including phenoxy) is 2. The van der Waals surface area contributed by atoms with Crippen LogP contribution in [0.15, 0.2) is 36.6 Å². The standard InChI is InChI=1S/C31H34N2O9/c1-33(2)25-19-13-15-12-18-16(17-11-14(9-10-41-3)5-8-21(17)42-4)6-7-20(34)23(18)26(35)22(15)28(37)31(19,40)29(38)24(27(25)36)30(32)39/h5-11,15,19,22,24-25,27,34,36,40H,12-13H2,1-4H3,(H2,32,39)/b10-9+/t15-,19-,22?,24?,25-,27?,31-/m1/s1. The molecule has 42 heavy (non-hydrogen) atoms. The Labute approximate surface area is 242 Å². The lowest BCUT2D eigenvalue weighted by atomic mass is 9.52. The van der Waals surface area contributed by atoms with Gasteiger partial charge in [0.2, 0.25) is 5.91 Å². The molecule has 3 aliphatic carbocycles. The van der Waals surface area contributed by atoms with Crippen LogP contribution in [0.4, 0.5) is 0 Å². The number of nitrogens with two attached hydrogens (primary N) is 1. The van der Waals surface area contributed by atoms with E-state index in [4.69, 9.17) is 15.2 Å². The van der Waals surface area contributed by atoms with Gasteiger partial charge in [0.15, 0.2) is 23.0 Å². The predicted octanol–water partition coefficient (Wildman–Crippen LogP) is 0.951. The highest BCUT2D eigenvalue weighted by Gasteiger charge is 2.69. The van der Waals surface area contributed by atoms with E-state index in [1.54, 1.807) is 37.2 Å². The van der Waals surface area contributed by atoms with E-state index in [-0.39, 0.29) is 24.2 Å². The quantitative estimate of drug-likeness (QED) is 0.285. The van der Waals surface area contributed by atoms with Crippen molar-refractivity contribution in [1.82, 2.24) is 4.90 Å². The maximum atomic E-state index is 14.0. The number of Topliss-reactive ketones (excluding diaryl/α,β-unsaturated/α-hetero) is 3. The molecule has 2 aromatic rings. The van der Waals surface area contributed by atoms with Gasteiger partial charge in [0, 0.05) is 17.5 Å². The van der Waals surface area contributed by atoms with Crippen LogP contribution in [0.1, 0.15) is 27.9 Å². The summed E-state index contributed by atoms with van der Waals surface area (Å²) in [5, 5.41) is 33.7. The van der Waals surface area contributed by atoms with Crippen LogP contribution in [0.3, 0.4) is 0 Å². The highest BCUT2D eigenvalue weighted by molar-refractivity contribution is 6.25. The fraction of sp³-hybridized carbons (Fsp3) is 0.419. The van der Waals surface area contributed by atoms with Gasteiger partial charge >= 0.3 is 0 Å². The monoisotopic (exact) mass is 578 g/mol. The summed E-state index contributed by atoms with van der Waals surface area (Å²) >= 11 is 0. The smallest absolute Gasteiger partial charge is 0.230 e. The molecule has 0 bridgehead atoms. The number of methoxy groups -OCH3 is 2. The first-order valence-corrected chi connectivity index (χ1v) is 13.6. The van der Waals surface area contributed by atoms with Gasteiger partial charge in [-0.05, 0) is 73.8 Å². The molecule has 2 aromatic carbocycles. The van der Waals surface area contributed by atoms with Gasteiger partial charge < -0.3 is 35.4 Å². The zero-order valence-corrected chi connectivity index (χ0v) is 23.7. The molecular weight excluding hydrogens is 544 g/mol. The van der Waals surface area contributed by atoms with Crippen LogP contribution in [0.5, 0.6) is 11.5 Å². The number of aliphatic hydroxyl groups is 2. The van der Waals surface area contributed by atoms with Gasteiger partial charge in [-0.3, -0.25) is 19.2 Å². The molecule has 5 rings (SSSR count). The number of carbonyl (C=O) groups is 4. The number of ketones is 3. The van der Waals surface area contributed by atoms with E-state index in [2.05, 4.69) is 0 Å². The molecule has 0 radical (unpaired) electrons. The summed E-state index contributed by atoms with van der Waals surface area (Å²) in [5.41, 5.74) is 5.22. The van der Waals surface area contributed by atoms with Gasteiger partial charge in [-0.2, -0.15) is 0 Å². The lowest BCUT2D eigenvalue weighted by Gasteiger charge is -2.54. The highest BCUT2D eigenvalue weighted by atomic mass is 16.5. The summed E-state index contributed by atoms with van der Waals surface area (Å²) < 4.78 is 10.6. The molecule has 2 saturated carbocycles. The average Bonchev–Trinajstić information content (AvgIpc) is 2.93. The zero-order valence-electron chi connectivity index (χ0n) is 23.7. The molecule has 1 amide bonds. The van der Waals surface area contributed by atoms with E-state index in [1.165, 1.54) is 26.5 Å². The number of amides is 1. The molecule has 11 nitrogen and oxygen atoms in total. The molecule has 0 aromatic heterocycles. The van der Waals surface area contributed by atoms with Crippen molar-refractivity contribution >= 4 is 29.3 Å². The number of rotatable bonds is 6. The maximum Gasteiger partial charge on any atom is 0.230 e. The molecule has 0 spiro atoms. The number of nitrogens with zero attached hydrogens (tertiary/aromatic N) is 1. The first-order valence-electron chi connectivity index (χ1n) is 13.6. The van der Waals surface area contributed by atoms with Gasteiger partial charge in [0.1, 0.15) is 17.4 Å². The van der Waals surface area contributed by atoms with Crippen LogP contribution < -0.4 is 10.5 Å². The van der Waals surface area contributed by atoms with E-state index < -0.39 is 64.7 Å². The van der Waals surface area contributed by atoms with E-state index in [0.717, 1.165) is 5.56 Å². The van der Waals surface area contributed by atoms with Crippen molar-refractivity contribution in [2.45, 2.75) is 30.6 Å². The number of hydrogen-bond donors (Lipinski definition) is 4. The summed E-state index contributed by atoms with van der Waals surface area (Å²) in [5.74, 6) is -8.95.